The standard InChI is InChI=1S/C13H24O6/c1-4-15-8-10-17-13(14)12(3)6-7-18-19-11-9-16-5-2/h6-7,12H,4-5,8-11H2,1-3H3. The lowest BCUT2D eigenvalue weighted by Crippen LogP contribution is -2.16. The van der Waals surface area contributed by atoms with Crippen LogP contribution >= 0.6 is 0 Å². The minimum Gasteiger partial charge on any atom is -0.463 e. The van der Waals surface area contributed by atoms with Gasteiger partial charge in [0.15, 0.2) is 0 Å². The molecule has 0 spiro atoms. The lowest BCUT2D eigenvalue weighted by Gasteiger charge is -2.07. The van der Waals surface area contributed by atoms with Gasteiger partial charge >= 0.3 is 5.97 Å². The molecule has 0 radical (unpaired) electrons. The topological polar surface area (TPSA) is 63.2 Å². The van der Waals surface area contributed by atoms with Gasteiger partial charge in [0.05, 0.1) is 19.1 Å². The van der Waals surface area contributed by atoms with E-state index in [2.05, 4.69) is 0 Å². The Kier molecular flexibility index (Phi) is 12.5. The highest BCUT2D eigenvalue weighted by Gasteiger charge is 2.10. The van der Waals surface area contributed by atoms with Crippen molar-refractivity contribution < 1.29 is 28.8 Å². The van der Waals surface area contributed by atoms with Gasteiger partial charge in [-0.1, -0.05) is 0 Å². The number of carbonyl (C=O) groups excluding carboxylic acids is 1. The lowest BCUT2D eigenvalue weighted by molar-refractivity contribution is -0.255. The summed E-state index contributed by atoms with van der Waals surface area (Å²) in [7, 11) is 0. The Morgan fingerprint density at radius 2 is 1.68 bits per heavy atom. The van der Waals surface area contributed by atoms with Crippen molar-refractivity contribution >= 4 is 5.97 Å². The largest absolute Gasteiger partial charge is 0.463 e. The summed E-state index contributed by atoms with van der Waals surface area (Å²) in [4.78, 5) is 21.0. The molecule has 6 nitrogen and oxygen atoms in total. The second kappa shape index (κ2) is 13.3. The smallest absolute Gasteiger partial charge is 0.312 e. The van der Waals surface area contributed by atoms with Gasteiger partial charge in [-0.2, -0.15) is 4.89 Å². The maximum Gasteiger partial charge on any atom is 0.312 e. The molecule has 0 amide bonds. The maximum atomic E-state index is 11.5. The van der Waals surface area contributed by atoms with Crippen LogP contribution in [0.25, 0.3) is 0 Å². The zero-order valence-corrected chi connectivity index (χ0v) is 11.9. The fraction of sp³-hybridized carbons (Fsp3) is 0.769. The number of ether oxygens (including phenoxy) is 3. The Bertz CT molecular complexity index is 241. The van der Waals surface area contributed by atoms with E-state index in [1.807, 2.05) is 13.8 Å². The first-order chi connectivity index (χ1) is 9.22. The summed E-state index contributed by atoms with van der Waals surface area (Å²) < 4.78 is 15.1. The van der Waals surface area contributed by atoms with Gasteiger partial charge < -0.3 is 19.1 Å². The average Bonchev–Trinajstić information content (AvgIpc) is 2.42. The van der Waals surface area contributed by atoms with Crippen LogP contribution < -0.4 is 0 Å². The van der Waals surface area contributed by atoms with Crippen LogP contribution in [-0.4, -0.2) is 45.6 Å². The number of rotatable bonds is 12. The van der Waals surface area contributed by atoms with Gasteiger partial charge in [-0.25, -0.2) is 0 Å². The molecule has 0 N–H and O–H groups in total. The van der Waals surface area contributed by atoms with Crippen LogP contribution in [0.2, 0.25) is 0 Å². The van der Waals surface area contributed by atoms with E-state index in [0.29, 0.717) is 33.0 Å². The van der Waals surface area contributed by atoms with Gasteiger partial charge in [0.1, 0.15) is 19.5 Å². The Hall–Kier alpha value is -1.11. The van der Waals surface area contributed by atoms with Gasteiger partial charge in [-0.3, -0.25) is 4.79 Å². The third-order valence-electron chi connectivity index (χ3n) is 2.05. The third kappa shape index (κ3) is 11.7. The van der Waals surface area contributed by atoms with Crippen molar-refractivity contribution in [3.63, 3.8) is 0 Å². The molecule has 0 aliphatic rings. The van der Waals surface area contributed by atoms with E-state index < -0.39 is 5.92 Å². The fourth-order valence-corrected chi connectivity index (χ4v) is 1.03. The molecular weight excluding hydrogens is 252 g/mol. The molecule has 0 aromatic heterocycles. The molecule has 112 valence electrons. The van der Waals surface area contributed by atoms with E-state index in [-0.39, 0.29) is 12.6 Å². The number of carbonyl (C=O) groups is 1. The minimum atomic E-state index is -0.392. The number of hydrogen-bond acceptors (Lipinski definition) is 6. The Labute approximate surface area is 114 Å². The summed E-state index contributed by atoms with van der Waals surface area (Å²) in [5, 5.41) is 0. The third-order valence-corrected chi connectivity index (χ3v) is 2.05. The van der Waals surface area contributed by atoms with E-state index in [1.165, 1.54) is 6.26 Å². The summed E-state index contributed by atoms with van der Waals surface area (Å²) in [5.41, 5.74) is 0. The van der Waals surface area contributed by atoms with Crippen molar-refractivity contribution in [2.75, 3.05) is 39.6 Å². The van der Waals surface area contributed by atoms with Crippen LogP contribution in [0.5, 0.6) is 0 Å². The normalized spacial score (nSPS) is 12.6. The van der Waals surface area contributed by atoms with Crippen LogP contribution in [0.4, 0.5) is 0 Å². The van der Waals surface area contributed by atoms with Gasteiger partial charge in [0.25, 0.3) is 0 Å². The highest BCUT2D eigenvalue weighted by atomic mass is 17.2. The van der Waals surface area contributed by atoms with Gasteiger partial charge in [-0.05, 0) is 26.8 Å². The van der Waals surface area contributed by atoms with E-state index >= 15 is 0 Å². The van der Waals surface area contributed by atoms with Crippen molar-refractivity contribution in [2.24, 2.45) is 5.92 Å². The quantitative estimate of drug-likeness (QED) is 0.178. The number of esters is 1. The SMILES string of the molecule is CCOCCOOC=CC(C)C(=O)OCCOCC. The highest BCUT2D eigenvalue weighted by Crippen LogP contribution is 2.01. The highest BCUT2D eigenvalue weighted by molar-refractivity contribution is 5.73. The summed E-state index contributed by atoms with van der Waals surface area (Å²) >= 11 is 0. The zero-order valence-electron chi connectivity index (χ0n) is 11.9. The molecule has 0 fully saturated rings. The van der Waals surface area contributed by atoms with Crippen LogP contribution in [-0.2, 0) is 28.8 Å². The first-order valence-electron chi connectivity index (χ1n) is 6.49. The van der Waals surface area contributed by atoms with Gasteiger partial charge in [0, 0.05) is 13.2 Å². The summed E-state index contributed by atoms with van der Waals surface area (Å²) in [6, 6.07) is 0. The Morgan fingerprint density at radius 1 is 1.05 bits per heavy atom. The second-order valence-electron chi connectivity index (χ2n) is 3.60. The predicted octanol–water partition coefficient (Wildman–Crippen LogP) is 1.70. The molecule has 0 saturated carbocycles. The van der Waals surface area contributed by atoms with Crippen LogP contribution in [0.15, 0.2) is 12.3 Å². The van der Waals surface area contributed by atoms with Gasteiger partial charge in [-0.15, -0.1) is 0 Å². The van der Waals surface area contributed by atoms with Crippen molar-refractivity contribution in [3.8, 4) is 0 Å². The van der Waals surface area contributed by atoms with Crippen LogP contribution in [0.3, 0.4) is 0 Å². The summed E-state index contributed by atoms with van der Waals surface area (Å²) in [5.74, 6) is -0.717. The van der Waals surface area contributed by atoms with E-state index in [1.54, 1.807) is 13.0 Å². The maximum absolute atomic E-state index is 11.5. The molecule has 0 rings (SSSR count). The molecule has 1 atom stereocenters. The molecule has 0 saturated heterocycles. The predicted molar refractivity (Wildman–Crippen MR) is 69.3 cm³/mol. The monoisotopic (exact) mass is 276 g/mol. The van der Waals surface area contributed by atoms with E-state index in [9.17, 15) is 4.79 Å². The lowest BCUT2D eigenvalue weighted by atomic mass is 10.2. The molecule has 0 heterocycles. The Morgan fingerprint density at radius 3 is 2.32 bits per heavy atom. The number of hydrogen-bond donors (Lipinski definition) is 0. The molecule has 19 heavy (non-hydrogen) atoms. The molecule has 0 aromatic rings. The summed E-state index contributed by atoms with van der Waals surface area (Å²) in [6.45, 7) is 8.24. The minimum absolute atomic E-state index is 0.260. The molecule has 0 bridgehead atoms. The fourth-order valence-electron chi connectivity index (χ4n) is 1.03. The molecule has 1 unspecified atom stereocenters. The van der Waals surface area contributed by atoms with Crippen molar-refractivity contribution in [2.45, 2.75) is 20.8 Å². The Balaban J connectivity index is 3.53. The molecule has 0 aliphatic heterocycles. The van der Waals surface area contributed by atoms with E-state index in [4.69, 9.17) is 24.0 Å². The average molecular weight is 276 g/mol. The van der Waals surface area contributed by atoms with Crippen LogP contribution in [0.1, 0.15) is 20.8 Å². The van der Waals surface area contributed by atoms with E-state index in [0.717, 1.165) is 0 Å². The van der Waals surface area contributed by atoms with Crippen molar-refractivity contribution in [1.29, 1.82) is 0 Å². The van der Waals surface area contributed by atoms with Gasteiger partial charge in [0.2, 0.25) is 0 Å². The summed E-state index contributed by atoms with van der Waals surface area (Å²) in [6.07, 6.45) is 2.88. The molecule has 0 aromatic carbocycles. The molecule has 0 aliphatic carbocycles. The van der Waals surface area contributed by atoms with Crippen molar-refractivity contribution in [3.05, 3.63) is 12.3 Å². The van der Waals surface area contributed by atoms with Crippen molar-refractivity contribution in [1.82, 2.24) is 0 Å². The van der Waals surface area contributed by atoms with Crippen LogP contribution in [0, 0.1) is 5.92 Å². The first kappa shape index (κ1) is 17.9. The molecule has 6 heteroatoms. The molecular formula is C13H24O6. The zero-order chi connectivity index (χ0) is 14.3. The second-order valence-corrected chi connectivity index (χ2v) is 3.60. The first-order valence-corrected chi connectivity index (χ1v) is 6.49.